The van der Waals surface area contributed by atoms with E-state index >= 15 is 0 Å². The monoisotopic (exact) mass is 572 g/mol. The fraction of sp³-hybridized carbons (Fsp3) is 0.467. The SMILES string of the molecule is CCCCCN(Cc1ccc(OCc2ccccc2C(=O)O)cc1)C(=O)C(CC(=O)O)NC(=O)C(CS)C(C)C. The third-order valence-corrected chi connectivity index (χ3v) is 7.01. The van der Waals surface area contributed by atoms with Gasteiger partial charge in [0.1, 0.15) is 18.4 Å². The second-order valence-corrected chi connectivity index (χ2v) is 10.4. The minimum atomic E-state index is -1.19. The molecule has 3 N–H and O–H groups in total. The van der Waals surface area contributed by atoms with Crippen molar-refractivity contribution in [1.29, 1.82) is 0 Å². The quantitative estimate of drug-likeness (QED) is 0.160. The predicted octanol–water partition coefficient (Wildman–Crippen LogP) is 4.64. The zero-order chi connectivity index (χ0) is 29.7. The molecule has 0 aliphatic rings. The Hall–Kier alpha value is -3.53. The summed E-state index contributed by atoms with van der Waals surface area (Å²) in [6.07, 6.45) is 2.08. The first kappa shape index (κ1) is 32.7. The standard InChI is InChI=1S/C30H40N2O7S/c1-4-5-8-15-32(29(36)26(16-27(33)34)31-28(35)25(19-40)20(2)3)17-21-11-13-23(14-12-21)39-18-22-9-6-7-10-24(22)30(37)38/h6-7,9-14,20,25-26,40H,4-5,8,15-19H2,1-3H3,(H,31,35)(H,33,34)(H,37,38). The predicted molar refractivity (Wildman–Crippen MR) is 155 cm³/mol. The molecule has 9 nitrogen and oxygen atoms in total. The maximum atomic E-state index is 13.6. The molecule has 2 rings (SSSR count). The number of aromatic carboxylic acids is 1. The lowest BCUT2D eigenvalue weighted by Gasteiger charge is -2.29. The van der Waals surface area contributed by atoms with E-state index in [9.17, 15) is 29.4 Å². The van der Waals surface area contributed by atoms with Crippen molar-refractivity contribution in [2.45, 2.75) is 65.6 Å². The fourth-order valence-corrected chi connectivity index (χ4v) is 4.80. The molecule has 2 aromatic rings. The molecule has 10 heteroatoms. The van der Waals surface area contributed by atoms with Crippen LogP contribution in [0.25, 0.3) is 0 Å². The number of ether oxygens (including phenoxy) is 1. The van der Waals surface area contributed by atoms with E-state index in [0.29, 0.717) is 17.9 Å². The summed E-state index contributed by atoms with van der Waals surface area (Å²) in [4.78, 5) is 51.0. The van der Waals surface area contributed by atoms with Gasteiger partial charge in [-0.1, -0.05) is 63.9 Å². The number of carboxylic acids is 2. The van der Waals surface area contributed by atoms with Crippen molar-refractivity contribution in [1.82, 2.24) is 10.2 Å². The van der Waals surface area contributed by atoms with E-state index in [1.165, 1.54) is 6.07 Å². The smallest absolute Gasteiger partial charge is 0.336 e. The van der Waals surface area contributed by atoms with Crippen LogP contribution in [0.1, 0.15) is 67.9 Å². The number of carbonyl (C=O) groups excluding carboxylic acids is 2. The average Bonchev–Trinajstić information content (AvgIpc) is 2.91. The number of unbranched alkanes of at least 4 members (excludes halogenated alkanes) is 2. The van der Waals surface area contributed by atoms with Crippen LogP contribution in [-0.2, 0) is 27.5 Å². The summed E-state index contributed by atoms with van der Waals surface area (Å²) in [7, 11) is 0. The van der Waals surface area contributed by atoms with Gasteiger partial charge in [0.05, 0.1) is 12.0 Å². The number of rotatable bonds is 17. The van der Waals surface area contributed by atoms with Gasteiger partial charge in [0.25, 0.3) is 0 Å². The molecule has 0 saturated carbocycles. The summed E-state index contributed by atoms with van der Waals surface area (Å²) >= 11 is 4.25. The van der Waals surface area contributed by atoms with Crippen LogP contribution in [0, 0.1) is 11.8 Å². The molecule has 0 heterocycles. The maximum absolute atomic E-state index is 13.6. The van der Waals surface area contributed by atoms with Crippen LogP contribution in [-0.4, -0.2) is 57.2 Å². The number of aliphatic carboxylic acids is 1. The van der Waals surface area contributed by atoms with E-state index in [1.54, 1.807) is 47.4 Å². The second-order valence-electron chi connectivity index (χ2n) is 10.1. The maximum Gasteiger partial charge on any atom is 0.336 e. The first-order valence-corrected chi connectivity index (χ1v) is 14.1. The molecule has 2 aromatic carbocycles. The highest BCUT2D eigenvalue weighted by molar-refractivity contribution is 7.80. The largest absolute Gasteiger partial charge is 0.489 e. The molecule has 2 amide bonds. The summed E-state index contributed by atoms with van der Waals surface area (Å²) in [5.41, 5.74) is 1.53. The van der Waals surface area contributed by atoms with Gasteiger partial charge in [-0.05, 0) is 36.1 Å². The van der Waals surface area contributed by atoms with Crippen molar-refractivity contribution in [3.05, 3.63) is 65.2 Å². The van der Waals surface area contributed by atoms with Crippen molar-refractivity contribution < 1.29 is 34.1 Å². The summed E-state index contributed by atoms with van der Waals surface area (Å²) < 4.78 is 5.78. The Morgan fingerprint density at radius 3 is 2.25 bits per heavy atom. The van der Waals surface area contributed by atoms with E-state index in [2.05, 4.69) is 24.9 Å². The van der Waals surface area contributed by atoms with E-state index in [0.717, 1.165) is 24.8 Å². The van der Waals surface area contributed by atoms with Gasteiger partial charge in [0.2, 0.25) is 11.8 Å². The van der Waals surface area contributed by atoms with Crippen LogP contribution in [0.15, 0.2) is 48.5 Å². The molecule has 40 heavy (non-hydrogen) atoms. The van der Waals surface area contributed by atoms with Crippen molar-refractivity contribution in [2.75, 3.05) is 12.3 Å². The topological polar surface area (TPSA) is 133 Å². The lowest BCUT2D eigenvalue weighted by molar-refractivity contribution is -0.144. The lowest BCUT2D eigenvalue weighted by Crippen LogP contribution is -2.51. The first-order valence-electron chi connectivity index (χ1n) is 13.5. The Bertz CT molecular complexity index is 1140. The van der Waals surface area contributed by atoms with E-state index in [1.807, 2.05) is 13.8 Å². The highest BCUT2D eigenvalue weighted by atomic mass is 32.1. The number of benzene rings is 2. The molecule has 0 fully saturated rings. The number of amides is 2. The van der Waals surface area contributed by atoms with Gasteiger partial charge in [-0.25, -0.2) is 4.79 Å². The molecule has 2 atom stereocenters. The number of carbonyl (C=O) groups is 4. The molecule has 218 valence electrons. The van der Waals surface area contributed by atoms with Crippen LogP contribution < -0.4 is 10.1 Å². The van der Waals surface area contributed by atoms with Crippen molar-refractivity contribution in [3.8, 4) is 5.75 Å². The number of hydrogen-bond donors (Lipinski definition) is 4. The van der Waals surface area contributed by atoms with Gasteiger partial charge in [-0.15, -0.1) is 0 Å². The van der Waals surface area contributed by atoms with Gasteiger partial charge in [-0.2, -0.15) is 12.6 Å². The third-order valence-electron chi connectivity index (χ3n) is 6.61. The Labute approximate surface area is 241 Å². The molecule has 0 radical (unpaired) electrons. The summed E-state index contributed by atoms with van der Waals surface area (Å²) in [6, 6.07) is 12.5. The zero-order valence-electron chi connectivity index (χ0n) is 23.3. The molecule has 0 aromatic heterocycles. The third kappa shape index (κ3) is 10.2. The van der Waals surface area contributed by atoms with Crippen LogP contribution in [0.2, 0.25) is 0 Å². The van der Waals surface area contributed by atoms with Gasteiger partial charge >= 0.3 is 11.9 Å². The minimum absolute atomic E-state index is 0.0166. The molecule has 0 saturated heterocycles. The van der Waals surface area contributed by atoms with Crippen molar-refractivity contribution in [3.63, 3.8) is 0 Å². The Kier molecular flexibility index (Phi) is 13.5. The number of thiol groups is 1. The van der Waals surface area contributed by atoms with Gasteiger partial charge in [0.15, 0.2) is 0 Å². The van der Waals surface area contributed by atoms with Crippen LogP contribution in [0.5, 0.6) is 5.75 Å². The average molecular weight is 573 g/mol. The zero-order valence-corrected chi connectivity index (χ0v) is 24.2. The summed E-state index contributed by atoms with van der Waals surface area (Å²) in [5, 5.41) is 21.5. The molecule has 2 unspecified atom stereocenters. The van der Waals surface area contributed by atoms with Gasteiger partial charge in [0, 0.05) is 30.3 Å². The molecule has 0 aliphatic carbocycles. The van der Waals surface area contributed by atoms with Crippen molar-refractivity contribution in [2.24, 2.45) is 11.8 Å². The number of carboxylic acid groups (broad SMARTS) is 2. The second kappa shape index (κ2) is 16.5. The normalized spacial score (nSPS) is 12.4. The number of hydrogen-bond acceptors (Lipinski definition) is 6. The van der Waals surface area contributed by atoms with Crippen LogP contribution >= 0.6 is 12.6 Å². The number of nitrogens with one attached hydrogen (secondary N) is 1. The highest BCUT2D eigenvalue weighted by Crippen LogP contribution is 2.19. The molecular formula is C30H40N2O7S. The van der Waals surface area contributed by atoms with Crippen LogP contribution in [0.3, 0.4) is 0 Å². The molecular weight excluding hydrogens is 532 g/mol. The van der Waals surface area contributed by atoms with E-state index < -0.39 is 36.2 Å². The molecule has 0 aliphatic heterocycles. The van der Waals surface area contributed by atoms with E-state index in [4.69, 9.17) is 4.74 Å². The Morgan fingerprint density at radius 1 is 1.00 bits per heavy atom. The van der Waals surface area contributed by atoms with Gasteiger partial charge < -0.3 is 25.2 Å². The molecule has 0 spiro atoms. The summed E-state index contributed by atoms with van der Waals surface area (Å²) in [6.45, 7) is 6.55. The number of nitrogens with zero attached hydrogens (tertiary/aromatic N) is 1. The Morgan fingerprint density at radius 2 is 1.68 bits per heavy atom. The first-order chi connectivity index (χ1) is 19.1. The fourth-order valence-electron chi connectivity index (χ4n) is 4.22. The van der Waals surface area contributed by atoms with E-state index in [-0.39, 0.29) is 36.3 Å². The molecule has 0 bridgehead atoms. The van der Waals surface area contributed by atoms with Crippen LogP contribution in [0.4, 0.5) is 0 Å². The summed E-state index contributed by atoms with van der Waals surface area (Å²) in [5.74, 6) is -2.67. The van der Waals surface area contributed by atoms with Crippen molar-refractivity contribution >= 4 is 36.4 Å². The lowest BCUT2D eigenvalue weighted by atomic mass is 9.96. The minimum Gasteiger partial charge on any atom is -0.489 e. The van der Waals surface area contributed by atoms with Gasteiger partial charge in [-0.3, -0.25) is 14.4 Å². The highest BCUT2D eigenvalue weighted by Gasteiger charge is 2.31. The Balaban J connectivity index is 2.17.